The molecule has 0 aliphatic heterocycles. The minimum absolute atomic E-state index is 0.279. The quantitative estimate of drug-likeness (QED) is 0.436. The second-order valence-electron chi connectivity index (χ2n) is 2.97. The molecule has 0 aromatic heterocycles. The Morgan fingerprint density at radius 1 is 1.36 bits per heavy atom. The summed E-state index contributed by atoms with van der Waals surface area (Å²) in [6.45, 7) is 2.08. The van der Waals surface area contributed by atoms with Crippen LogP contribution >= 0.6 is 15.9 Å². The first-order valence-corrected chi connectivity index (χ1v) is 5.55. The van der Waals surface area contributed by atoms with Gasteiger partial charge in [0, 0.05) is 6.42 Å². The number of carbonyl (C=O) groups excluding carboxylic acids is 1. The van der Waals surface area contributed by atoms with Crippen LogP contribution in [0.4, 0.5) is 0 Å². The van der Waals surface area contributed by atoms with Crippen LogP contribution in [0.2, 0.25) is 0 Å². The Labute approximate surface area is 92.3 Å². The smallest absolute Gasteiger partial charge is 0.324 e. The minimum atomic E-state index is -1.12. The maximum absolute atomic E-state index is 11.2. The van der Waals surface area contributed by atoms with E-state index in [4.69, 9.17) is 5.11 Å². The van der Waals surface area contributed by atoms with Crippen molar-refractivity contribution < 1.29 is 14.7 Å². The van der Waals surface area contributed by atoms with Gasteiger partial charge in [-0.1, -0.05) is 41.4 Å². The van der Waals surface area contributed by atoms with Crippen LogP contribution in [0.25, 0.3) is 0 Å². The van der Waals surface area contributed by atoms with Crippen LogP contribution in [-0.2, 0) is 9.59 Å². The van der Waals surface area contributed by atoms with Crippen LogP contribution in [0, 0.1) is 0 Å². The molecule has 0 rings (SSSR count). The Bertz CT molecular complexity index is 223. The second kappa shape index (κ2) is 7.74. The standard InChI is InChI=1S/C10H15BrO3/c1-2-3-4-5-6-7-8(12)9(11)10(13)14/h4-5,9H,2-3,6-7H2,1H3,(H,13,14). The number of carboxylic acids is 1. The van der Waals surface area contributed by atoms with E-state index in [9.17, 15) is 9.59 Å². The average molecular weight is 263 g/mol. The normalized spacial score (nSPS) is 13.0. The molecule has 0 fully saturated rings. The van der Waals surface area contributed by atoms with Gasteiger partial charge in [0.1, 0.15) is 0 Å². The highest BCUT2D eigenvalue weighted by Gasteiger charge is 2.20. The van der Waals surface area contributed by atoms with Crippen LogP contribution in [-0.4, -0.2) is 21.7 Å². The lowest BCUT2D eigenvalue weighted by Gasteiger charge is -2.00. The molecule has 80 valence electrons. The van der Waals surface area contributed by atoms with Gasteiger partial charge in [0.05, 0.1) is 0 Å². The summed E-state index contributed by atoms with van der Waals surface area (Å²) in [4.78, 5) is 20.5. The van der Waals surface area contributed by atoms with Crippen molar-refractivity contribution in [1.82, 2.24) is 0 Å². The number of unbranched alkanes of at least 4 members (excludes halogenated alkanes) is 1. The van der Waals surface area contributed by atoms with Gasteiger partial charge in [-0.2, -0.15) is 0 Å². The van der Waals surface area contributed by atoms with Gasteiger partial charge < -0.3 is 5.11 Å². The summed E-state index contributed by atoms with van der Waals surface area (Å²) >= 11 is 2.82. The van der Waals surface area contributed by atoms with Crippen molar-refractivity contribution in [2.24, 2.45) is 0 Å². The maximum atomic E-state index is 11.2. The number of hydrogen-bond donors (Lipinski definition) is 1. The zero-order chi connectivity index (χ0) is 11.0. The van der Waals surface area contributed by atoms with Crippen LogP contribution < -0.4 is 0 Å². The van der Waals surface area contributed by atoms with Crippen LogP contribution in [0.15, 0.2) is 12.2 Å². The number of Topliss-reactive ketones (excluding diaryl/α,β-unsaturated/α-hetero) is 1. The monoisotopic (exact) mass is 262 g/mol. The van der Waals surface area contributed by atoms with E-state index >= 15 is 0 Å². The Morgan fingerprint density at radius 2 is 1.93 bits per heavy atom. The Morgan fingerprint density at radius 3 is 2.43 bits per heavy atom. The number of ketones is 1. The molecular weight excluding hydrogens is 248 g/mol. The summed E-state index contributed by atoms with van der Waals surface area (Å²) in [5.74, 6) is -1.40. The first-order chi connectivity index (χ1) is 6.59. The second-order valence-corrected chi connectivity index (χ2v) is 3.88. The summed E-state index contributed by atoms with van der Waals surface area (Å²) in [5, 5.41) is 8.51. The highest BCUT2D eigenvalue weighted by molar-refractivity contribution is 9.10. The van der Waals surface area contributed by atoms with Crippen molar-refractivity contribution in [2.45, 2.75) is 37.4 Å². The highest BCUT2D eigenvalue weighted by Crippen LogP contribution is 2.06. The molecule has 0 radical (unpaired) electrons. The lowest BCUT2D eigenvalue weighted by Crippen LogP contribution is -2.23. The van der Waals surface area contributed by atoms with Crippen molar-refractivity contribution in [1.29, 1.82) is 0 Å². The molecule has 1 unspecified atom stereocenters. The maximum Gasteiger partial charge on any atom is 0.324 e. The Balaban J connectivity index is 3.69. The summed E-state index contributed by atoms with van der Waals surface area (Å²) in [6, 6.07) is 0. The molecule has 0 saturated heterocycles. The summed E-state index contributed by atoms with van der Waals surface area (Å²) in [6.07, 6.45) is 6.92. The van der Waals surface area contributed by atoms with Crippen molar-refractivity contribution in [3.63, 3.8) is 0 Å². The average Bonchev–Trinajstić information content (AvgIpc) is 2.16. The number of hydrogen-bond acceptors (Lipinski definition) is 2. The van der Waals surface area contributed by atoms with Crippen molar-refractivity contribution >= 4 is 27.7 Å². The lowest BCUT2D eigenvalue weighted by atomic mass is 10.1. The first kappa shape index (κ1) is 13.4. The number of allylic oxidation sites excluding steroid dienone is 2. The van der Waals surface area contributed by atoms with Gasteiger partial charge in [-0.3, -0.25) is 9.59 Å². The third-order valence-electron chi connectivity index (χ3n) is 1.68. The summed E-state index contributed by atoms with van der Waals surface area (Å²) in [5.41, 5.74) is 0. The largest absolute Gasteiger partial charge is 0.480 e. The predicted molar refractivity (Wildman–Crippen MR) is 58.6 cm³/mol. The molecule has 0 amide bonds. The van der Waals surface area contributed by atoms with Crippen LogP contribution in [0.5, 0.6) is 0 Å². The summed E-state index contributed by atoms with van der Waals surface area (Å²) < 4.78 is 0. The van der Waals surface area contributed by atoms with E-state index < -0.39 is 10.8 Å². The molecule has 1 atom stereocenters. The van der Waals surface area contributed by atoms with Crippen LogP contribution in [0.3, 0.4) is 0 Å². The molecule has 0 bridgehead atoms. The van der Waals surface area contributed by atoms with Crippen molar-refractivity contribution in [2.75, 3.05) is 0 Å². The number of aliphatic carboxylic acids is 1. The molecule has 14 heavy (non-hydrogen) atoms. The molecule has 4 heteroatoms. The third-order valence-corrected chi connectivity index (χ3v) is 2.58. The Kier molecular flexibility index (Phi) is 7.38. The highest BCUT2D eigenvalue weighted by atomic mass is 79.9. The molecule has 0 aromatic carbocycles. The number of halogens is 1. The van der Waals surface area contributed by atoms with E-state index in [0.717, 1.165) is 12.8 Å². The third kappa shape index (κ3) is 5.91. The molecule has 3 nitrogen and oxygen atoms in total. The zero-order valence-electron chi connectivity index (χ0n) is 8.20. The summed E-state index contributed by atoms with van der Waals surface area (Å²) in [7, 11) is 0. The van der Waals surface area contributed by atoms with Crippen molar-refractivity contribution in [3.05, 3.63) is 12.2 Å². The van der Waals surface area contributed by atoms with Gasteiger partial charge in [-0.15, -0.1) is 0 Å². The van der Waals surface area contributed by atoms with E-state index in [0.29, 0.717) is 6.42 Å². The van der Waals surface area contributed by atoms with E-state index in [1.54, 1.807) is 0 Å². The fraction of sp³-hybridized carbons (Fsp3) is 0.600. The fourth-order valence-electron chi connectivity index (χ4n) is 0.892. The van der Waals surface area contributed by atoms with Gasteiger partial charge in [0.25, 0.3) is 0 Å². The number of rotatable bonds is 7. The van der Waals surface area contributed by atoms with Crippen LogP contribution in [0.1, 0.15) is 32.6 Å². The predicted octanol–water partition coefficient (Wildman–Crippen LogP) is 2.54. The topological polar surface area (TPSA) is 54.4 Å². The molecule has 0 aromatic rings. The van der Waals surface area contributed by atoms with E-state index in [1.807, 2.05) is 12.2 Å². The SMILES string of the molecule is CCCC=CCCC(=O)C(Br)C(=O)O. The molecule has 0 spiro atoms. The molecule has 0 saturated carbocycles. The van der Waals surface area contributed by atoms with E-state index in [1.165, 1.54) is 0 Å². The van der Waals surface area contributed by atoms with Crippen molar-refractivity contribution in [3.8, 4) is 0 Å². The van der Waals surface area contributed by atoms with E-state index in [-0.39, 0.29) is 12.2 Å². The van der Waals surface area contributed by atoms with E-state index in [2.05, 4.69) is 22.9 Å². The molecule has 0 aliphatic carbocycles. The number of carbonyl (C=O) groups is 2. The van der Waals surface area contributed by atoms with Gasteiger partial charge in [-0.05, 0) is 12.8 Å². The first-order valence-electron chi connectivity index (χ1n) is 4.64. The van der Waals surface area contributed by atoms with Gasteiger partial charge >= 0.3 is 5.97 Å². The zero-order valence-corrected chi connectivity index (χ0v) is 9.79. The molecule has 0 aliphatic rings. The lowest BCUT2D eigenvalue weighted by molar-refractivity contribution is -0.139. The van der Waals surface area contributed by atoms with Gasteiger partial charge in [-0.25, -0.2) is 0 Å². The molecular formula is C10H15BrO3. The molecule has 1 N–H and O–H groups in total. The van der Waals surface area contributed by atoms with Gasteiger partial charge in [0.2, 0.25) is 0 Å². The molecule has 0 heterocycles. The fourth-order valence-corrected chi connectivity index (χ4v) is 1.12. The number of carboxylic acid groups (broad SMARTS) is 1. The number of alkyl halides is 1. The Hall–Kier alpha value is -0.640. The van der Waals surface area contributed by atoms with Gasteiger partial charge in [0.15, 0.2) is 10.6 Å². The minimum Gasteiger partial charge on any atom is -0.480 e.